The summed E-state index contributed by atoms with van der Waals surface area (Å²) in [7, 11) is 0. The van der Waals surface area contributed by atoms with Crippen molar-refractivity contribution in [3.8, 4) is 17.3 Å². The lowest BCUT2D eigenvalue weighted by molar-refractivity contribution is 1.05. The normalized spacial score (nSPS) is 10.1. The van der Waals surface area contributed by atoms with Gasteiger partial charge in [-0.05, 0) is 13.0 Å². The fourth-order valence-corrected chi connectivity index (χ4v) is 1.82. The van der Waals surface area contributed by atoms with Gasteiger partial charge in [-0.15, -0.1) is 0 Å². The molecule has 0 fully saturated rings. The third-order valence-electron chi connectivity index (χ3n) is 2.31. The highest BCUT2D eigenvalue weighted by Crippen LogP contribution is 2.28. The van der Waals surface area contributed by atoms with Gasteiger partial charge in [-0.25, -0.2) is 4.98 Å². The fraction of sp³-hybridized carbons (Fsp3) is 0.167. The monoisotopic (exact) mass is 231 g/mol. The van der Waals surface area contributed by atoms with Crippen LogP contribution in [0.25, 0.3) is 11.3 Å². The van der Waals surface area contributed by atoms with Gasteiger partial charge in [-0.2, -0.15) is 5.26 Å². The highest BCUT2D eigenvalue weighted by Gasteiger charge is 2.11. The first kappa shape index (κ1) is 10.7. The first-order chi connectivity index (χ1) is 7.72. The van der Waals surface area contributed by atoms with Crippen LogP contribution in [0.4, 0.5) is 0 Å². The molecule has 4 heteroatoms. The summed E-state index contributed by atoms with van der Waals surface area (Å²) in [6.45, 7) is 1.92. The number of aryl methyl sites for hydroxylation is 1. The van der Waals surface area contributed by atoms with E-state index in [1.807, 2.05) is 31.2 Å². The van der Waals surface area contributed by atoms with Crippen LogP contribution in [0.5, 0.6) is 0 Å². The second kappa shape index (κ2) is 4.38. The summed E-state index contributed by atoms with van der Waals surface area (Å²) in [6.07, 6.45) is 0.283. The number of nitrogens with zero attached hydrogens (tertiary/aromatic N) is 2. The molecule has 16 heavy (non-hydrogen) atoms. The van der Waals surface area contributed by atoms with E-state index in [0.717, 1.165) is 17.0 Å². The van der Waals surface area contributed by atoms with E-state index in [-0.39, 0.29) is 6.42 Å². The summed E-state index contributed by atoms with van der Waals surface area (Å²) in [6, 6.07) is 9.61. The third kappa shape index (κ3) is 1.93. The van der Waals surface area contributed by atoms with Crippen LogP contribution >= 0.6 is 11.6 Å². The zero-order chi connectivity index (χ0) is 11.5. The number of halogens is 1. The van der Waals surface area contributed by atoms with Crippen molar-refractivity contribution < 1.29 is 0 Å². The van der Waals surface area contributed by atoms with E-state index >= 15 is 0 Å². The SMILES string of the molecule is Cc1[nH]c(CC#N)nc1-c1ccccc1Cl. The quantitative estimate of drug-likeness (QED) is 0.864. The Hall–Kier alpha value is -1.79. The maximum atomic E-state index is 8.61. The zero-order valence-electron chi connectivity index (χ0n) is 8.79. The van der Waals surface area contributed by atoms with Gasteiger partial charge < -0.3 is 4.98 Å². The van der Waals surface area contributed by atoms with Crippen molar-refractivity contribution in [3.63, 3.8) is 0 Å². The molecule has 0 bridgehead atoms. The molecule has 0 atom stereocenters. The predicted molar refractivity (Wildman–Crippen MR) is 63.1 cm³/mol. The first-order valence-electron chi connectivity index (χ1n) is 4.89. The summed E-state index contributed by atoms with van der Waals surface area (Å²) < 4.78 is 0. The minimum absolute atomic E-state index is 0.283. The van der Waals surface area contributed by atoms with E-state index in [1.165, 1.54) is 0 Å². The van der Waals surface area contributed by atoms with Crippen LogP contribution in [0.1, 0.15) is 11.5 Å². The minimum atomic E-state index is 0.283. The number of hydrogen-bond acceptors (Lipinski definition) is 2. The Morgan fingerprint density at radius 2 is 2.19 bits per heavy atom. The van der Waals surface area contributed by atoms with Gasteiger partial charge in [-0.3, -0.25) is 0 Å². The molecular weight excluding hydrogens is 222 g/mol. The second-order valence-corrected chi connectivity index (χ2v) is 3.88. The molecule has 0 saturated heterocycles. The predicted octanol–water partition coefficient (Wildman–Crippen LogP) is 3.10. The number of nitrogens with one attached hydrogen (secondary N) is 1. The Morgan fingerprint density at radius 1 is 1.44 bits per heavy atom. The van der Waals surface area contributed by atoms with E-state index in [4.69, 9.17) is 16.9 Å². The van der Waals surface area contributed by atoms with Gasteiger partial charge >= 0.3 is 0 Å². The van der Waals surface area contributed by atoms with Crippen LogP contribution < -0.4 is 0 Å². The molecule has 1 aromatic carbocycles. The summed E-state index contributed by atoms with van der Waals surface area (Å²) >= 11 is 6.10. The number of aromatic nitrogens is 2. The van der Waals surface area contributed by atoms with Crippen LogP contribution in [0, 0.1) is 18.3 Å². The molecule has 3 nitrogen and oxygen atoms in total. The Labute approximate surface area is 98.7 Å². The Balaban J connectivity index is 2.49. The maximum Gasteiger partial charge on any atom is 0.121 e. The lowest BCUT2D eigenvalue weighted by Crippen LogP contribution is -1.84. The highest BCUT2D eigenvalue weighted by molar-refractivity contribution is 6.33. The van der Waals surface area contributed by atoms with Gasteiger partial charge in [0.05, 0.1) is 23.2 Å². The number of H-pyrrole nitrogens is 1. The van der Waals surface area contributed by atoms with Crippen LogP contribution in [-0.2, 0) is 6.42 Å². The average molecular weight is 232 g/mol. The van der Waals surface area contributed by atoms with Crippen molar-refractivity contribution in [1.29, 1.82) is 5.26 Å². The molecule has 0 aliphatic heterocycles. The van der Waals surface area contributed by atoms with Crippen molar-refractivity contribution in [3.05, 3.63) is 40.8 Å². The van der Waals surface area contributed by atoms with E-state index in [2.05, 4.69) is 16.0 Å². The van der Waals surface area contributed by atoms with E-state index in [0.29, 0.717) is 10.8 Å². The number of hydrogen-bond donors (Lipinski definition) is 1. The Morgan fingerprint density at radius 3 is 2.88 bits per heavy atom. The van der Waals surface area contributed by atoms with Gasteiger partial charge in [0.25, 0.3) is 0 Å². The molecule has 1 heterocycles. The van der Waals surface area contributed by atoms with Gasteiger partial charge in [0.2, 0.25) is 0 Å². The largest absolute Gasteiger partial charge is 0.345 e. The summed E-state index contributed by atoms with van der Waals surface area (Å²) in [5.41, 5.74) is 2.64. The second-order valence-electron chi connectivity index (χ2n) is 3.47. The average Bonchev–Trinajstić information content (AvgIpc) is 2.61. The first-order valence-corrected chi connectivity index (χ1v) is 5.27. The maximum absolute atomic E-state index is 8.61. The van der Waals surface area contributed by atoms with E-state index < -0.39 is 0 Å². The van der Waals surface area contributed by atoms with Gasteiger partial charge in [0.15, 0.2) is 0 Å². The van der Waals surface area contributed by atoms with Crippen LogP contribution in [-0.4, -0.2) is 9.97 Å². The summed E-state index contributed by atoms with van der Waals surface area (Å²) in [4.78, 5) is 7.45. The molecule has 80 valence electrons. The van der Waals surface area contributed by atoms with Crippen LogP contribution in [0.2, 0.25) is 5.02 Å². The fourth-order valence-electron chi connectivity index (χ4n) is 1.60. The number of imidazole rings is 1. The zero-order valence-corrected chi connectivity index (χ0v) is 9.54. The van der Waals surface area contributed by atoms with Crippen molar-refractivity contribution in [2.45, 2.75) is 13.3 Å². The number of benzene rings is 1. The van der Waals surface area contributed by atoms with Gasteiger partial charge in [0, 0.05) is 11.3 Å². The van der Waals surface area contributed by atoms with Crippen molar-refractivity contribution in [1.82, 2.24) is 9.97 Å². The van der Waals surface area contributed by atoms with Crippen molar-refractivity contribution >= 4 is 11.6 Å². The van der Waals surface area contributed by atoms with Crippen molar-refractivity contribution in [2.24, 2.45) is 0 Å². The molecule has 1 aromatic heterocycles. The standard InChI is InChI=1S/C12H10ClN3/c1-8-12(16-11(15-8)6-7-14)9-4-2-3-5-10(9)13/h2-5H,6H2,1H3,(H,15,16). The third-order valence-corrected chi connectivity index (χ3v) is 2.64. The molecule has 0 aliphatic carbocycles. The number of rotatable bonds is 2. The van der Waals surface area contributed by atoms with Gasteiger partial charge in [0.1, 0.15) is 5.82 Å². The molecule has 0 spiro atoms. The molecule has 0 saturated carbocycles. The molecule has 2 aromatic rings. The minimum Gasteiger partial charge on any atom is -0.345 e. The lowest BCUT2D eigenvalue weighted by Gasteiger charge is -2.00. The Kier molecular flexibility index (Phi) is 2.93. The van der Waals surface area contributed by atoms with E-state index in [9.17, 15) is 0 Å². The Bertz CT molecular complexity index is 552. The van der Waals surface area contributed by atoms with Crippen LogP contribution in [0.15, 0.2) is 24.3 Å². The summed E-state index contributed by atoms with van der Waals surface area (Å²) in [5, 5.41) is 9.28. The summed E-state index contributed by atoms with van der Waals surface area (Å²) in [5.74, 6) is 0.676. The number of nitriles is 1. The molecule has 0 radical (unpaired) electrons. The van der Waals surface area contributed by atoms with Crippen molar-refractivity contribution in [2.75, 3.05) is 0 Å². The molecule has 0 amide bonds. The van der Waals surface area contributed by atoms with Crippen LogP contribution in [0.3, 0.4) is 0 Å². The molecule has 2 rings (SSSR count). The molecule has 0 aliphatic rings. The number of aromatic amines is 1. The highest BCUT2D eigenvalue weighted by atomic mass is 35.5. The smallest absolute Gasteiger partial charge is 0.121 e. The van der Waals surface area contributed by atoms with E-state index in [1.54, 1.807) is 0 Å². The molecular formula is C12H10ClN3. The topological polar surface area (TPSA) is 52.5 Å². The lowest BCUT2D eigenvalue weighted by atomic mass is 10.1. The van der Waals surface area contributed by atoms with Gasteiger partial charge in [-0.1, -0.05) is 29.8 Å². The molecule has 0 unspecified atom stereocenters. The molecule has 1 N–H and O–H groups in total.